The number of anilines is 1. The maximum absolute atomic E-state index is 11.2. The van der Waals surface area contributed by atoms with Gasteiger partial charge in [-0.3, -0.25) is 4.21 Å². The fourth-order valence-corrected chi connectivity index (χ4v) is 2.21. The van der Waals surface area contributed by atoms with Gasteiger partial charge in [-0.25, -0.2) is 4.79 Å². The van der Waals surface area contributed by atoms with Crippen molar-refractivity contribution >= 4 is 34.1 Å². The fourth-order valence-electron chi connectivity index (χ4n) is 1.33. The van der Waals surface area contributed by atoms with E-state index in [2.05, 4.69) is 5.32 Å². The fraction of sp³-hybridized carbons (Fsp3) is 0.364. The lowest BCUT2D eigenvalue weighted by Gasteiger charge is -2.10. The lowest BCUT2D eigenvalue weighted by atomic mass is 10.2. The first-order valence-electron chi connectivity index (χ1n) is 5.17. The third-order valence-electron chi connectivity index (χ3n) is 2.19. The zero-order chi connectivity index (χ0) is 12.8. The van der Waals surface area contributed by atoms with Crippen molar-refractivity contribution in [2.24, 2.45) is 0 Å². The Hall–Kier alpha value is -1.07. The predicted molar refractivity (Wildman–Crippen MR) is 70.5 cm³/mol. The first-order valence-corrected chi connectivity index (χ1v) is 7.03. The van der Waals surface area contributed by atoms with Crippen LogP contribution in [0.25, 0.3) is 0 Å². The van der Waals surface area contributed by atoms with Crippen LogP contribution in [0.4, 0.5) is 5.69 Å². The Kier molecular flexibility index (Phi) is 5.44. The van der Waals surface area contributed by atoms with E-state index in [0.29, 0.717) is 23.7 Å². The maximum atomic E-state index is 11.2. The minimum absolute atomic E-state index is 0.0523. The topological polar surface area (TPSA) is 66.4 Å². The third-order valence-corrected chi connectivity index (χ3v) is 3.81. The van der Waals surface area contributed by atoms with Gasteiger partial charge in [0.2, 0.25) is 0 Å². The highest BCUT2D eigenvalue weighted by Gasteiger charge is 2.13. The second-order valence-electron chi connectivity index (χ2n) is 3.33. The van der Waals surface area contributed by atoms with E-state index < -0.39 is 16.8 Å². The van der Waals surface area contributed by atoms with Gasteiger partial charge >= 0.3 is 5.97 Å². The number of halogens is 1. The quantitative estimate of drug-likeness (QED) is 0.835. The molecule has 1 aromatic rings. The van der Waals surface area contributed by atoms with Crippen molar-refractivity contribution < 1.29 is 14.1 Å². The van der Waals surface area contributed by atoms with Crippen molar-refractivity contribution in [3.8, 4) is 0 Å². The molecule has 0 fully saturated rings. The van der Waals surface area contributed by atoms with Crippen molar-refractivity contribution in [3.05, 3.63) is 28.8 Å². The van der Waals surface area contributed by atoms with Crippen LogP contribution in [0.15, 0.2) is 18.2 Å². The van der Waals surface area contributed by atoms with E-state index >= 15 is 0 Å². The molecule has 0 aliphatic carbocycles. The molecule has 1 rings (SSSR count). The minimum atomic E-state index is -1.07. The molecule has 0 aromatic heterocycles. The highest BCUT2D eigenvalue weighted by Crippen LogP contribution is 2.24. The molecule has 2 N–H and O–H groups in total. The summed E-state index contributed by atoms with van der Waals surface area (Å²) in [7, 11) is -0.866. The highest BCUT2D eigenvalue weighted by molar-refractivity contribution is 7.84. The van der Waals surface area contributed by atoms with Crippen LogP contribution in [0.5, 0.6) is 0 Å². The Morgan fingerprint density at radius 1 is 1.53 bits per heavy atom. The van der Waals surface area contributed by atoms with Crippen molar-refractivity contribution in [2.75, 3.05) is 23.4 Å². The van der Waals surface area contributed by atoms with Gasteiger partial charge in [0.05, 0.1) is 10.7 Å². The number of hydrogen-bond donors (Lipinski definition) is 2. The number of nitrogens with one attached hydrogen (secondary N) is 1. The molecule has 0 aliphatic rings. The summed E-state index contributed by atoms with van der Waals surface area (Å²) < 4.78 is 11.2. The van der Waals surface area contributed by atoms with Gasteiger partial charge in [-0.05, 0) is 12.1 Å². The van der Waals surface area contributed by atoms with Gasteiger partial charge < -0.3 is 10.4 Å². The SMILES string of the molecule is CCS(=O)CCNc1cccc(Cl)c1C(=O)O. The number of carbonyl (C=O) groups is 1. The Balaban J connectivity index is 2.74. The standard InChI is InChI=1S/C11H14ClNO3S/c1-2-17(16)7-6-13-9-5-3-4-8(12)10(9)11(14)15/h3-5,13H,2,6-7H2,1H3,(H,14,15). The lowest BCUT2D eigenvalue weighted by Crippen LogP contribution is -2.14. The smallest absolute Gasteiger partial charge is 0.339 e. The van der Waals surface area contributed by atoms with Crippen molar-refractivity contribution in [2.45, 2.75) is 6.92 Å². The van der Waals surface area contributed by atoms with E-state index in [-0.39, 0.29) is 10.6 Å². The molecule has 4 nitrogen and oxygen atoms in total. The summed E-state index contributed by atoms with van der Waals surface area (Å²) in [6, 6.07) is 4.85. The Morgan fingerprint density at radius 3 is 2.82 bits per heavy atom. The van der Waals surface area contributed by atoms with Crippen LogP contribution in [0.2, 0.25) is 5.02 Å². The molecular weight excluding hydrogens is 262 g/mol. The van der Waals surface area contributed by atoms with Gasteiger partial charge in [-0.1, -0.05) is 24.6 Å². The molecular formula is C11H14ClNO3S. The molecule has 1 atom stereocenters. The van der Waals surface area contributed by atoms with Crippen LogP contribution in [-0.2, 0) is 10.8 Å². The molecule has 94 valence electrons. The van der Waals surface area contributed by atoms with Crippen molar-refractivity contribution in [3.63, 3.8) is 0 Å². The molecule has 6 heteroatoms. The average Bonchev–Trinajstić information content (AvgIpc) is 2.28. The van der Waals surface area contributed by atoms with E-state index in [4.69, 9.17) is 16.7 Å². The Bertz CT molecular complexity index is 437. The number of benzene rings is 1. The number of aromatic carboxylic acids is 1. The molecule has 0 aliphatic heterocycles. The van der Waals surface area contributed by atoms with Gasteiger partial charge in [0.15, 0.2) is 0 Å². The van der Waals surface area contributed by atoms with Crippen LogP contribution < -0.4 is 5.32 Å². The molecule has 0 radical (unpaired) electrons. The van der Waals surface area contributed by atoms with Gasteiger partial charge in [0.1, 0.15) is 5.56 Å². The lowest BCUT2D eigenvalue weighted by molar-refractivity contribution is 0.0698. The number of rotatable bonds is 6. The molecule has 0 heterocycles. The average molecular weight is 276 g/mol. The second kappa shape index (κ2) is 6.61. The molecule has 1 unspecified atom stereocenters. The first kappa shape index (κ1) is 14.0. The molecule has 0 saturated heterocycles. The van der Waals surface area contributed by atoms with E-state index in [1.54, 1.807) is 12.1 Å². The van der Waals surface area contributed by atoms with Crippen molar-refractivity contribution in [1.29, 1.82) is 0 Å². The molecule has 17 heavy (non-hydrogen) atoms. The predicted octanol–water partition coefficient (Wildman–Crippen LogP) is 2.22. The molecule has 0 spiro atoms. The number of carboxylic acids is 1. The summed E-state index contributed by atoms with van der Waals surface area (Å²) >= 11 is 5.81. The summed E-state index contributed by atoms with van der Waals surface area (Å²) in [5, 5.41) is 12.2. The zero-order valence-electron chi connectivity index (χ0n) is 9.40. The van der Waals surface area contributed by atoms with Crippen LogP contribution >= 0.6 is 11.6 Å². The van der Waals surface area contributed by atoms with E-state index in [0.717, 1.165) is 0 Å². The summed E-state index contributed by atoms with van der Waals surface area (Å²) in [5.41, 5.74) is 0.509. The number of carboxylic acid groups (broad SMARTS) is 1. The summed E-state index contributed by atoms with van der Waals surface area (Å²) in [5.74, 6) is 0.0140. The number of hydrogen-bond acceptors (Lipinski definition) is 3. The Labute approximate surface area is 107 Å². The van der Waals surface area contributed by atoms with Crippen LogP contribution in [-0.4, -0.2) is 33.3 Å². The van der Waals surface area contributed by atoms with Gasteiger partial charge in [-0.2, -0.15) is 0 Å². The molecule has 0 saturated carbocycles. The van der Waals surface area contributed by atoms with E-state index in [1.807, 2.05) is 6.92 Å². The van der Waals surface area contributed by atoms with Crippen LogP contribution in [0, 0.1) is 0 Å². The third kappa shape index (κ3) is 4.02. The van der Waals surface area contributed by atoms with Gasteiger partial charge in [0, 0.05) is 28.9 Å². The molecule has 1 aromatic carbocycles. The van der Waals surface area contributed by atoms with Gasteiger partial charge in [0.25, 0.3) is 0 Å². The second-order valence-corrected chi connectivity index (χ2v) is 5.60. The maximum Gasteiger partial charge on any atom is 0.339 e. The summed E-state index contributed by atoms with van der Waals surface area (Å²) in [4.78, 5) is 11.0. The van der Waals surface area contributed by atoms with Gasteiger partial charge in [-0.15, -0.1) is 0 Å². The van der Waals surface area contributed by atoms with Crippen LogP contribution in [0.3, 0.4) is 0 Å². The monoisotopic (exact) mass is 275 g/mol. The molecule has 0 amide bonds. The first-order chi connectivity index (χ1) is 8.06. The summed E-state index contributed by atoms with van der Waals surface area (Å²) in [6.07, 6.45) is 0. The van der Waals surface area contributed by atoms with E-state index in [9.17, 15) is 9.00 Å². The normalized spacial score (nSPS) is 12.1. The summed E-state index contributed by atoms with van der Waals surface area (Å²) in [6.45, 7) is 2.30. The van der Waals surface area contributed by atoms with E-state index in [1.165, 1.54) is 6.07 Å². The molecule has 0 bridgehead atoms. The van der Waals surface area contributed by atoms with Crippen LogP contribution in [0.1, 0.15) is 17.3 Å². The largest absolute Gasteiger partial charge is 0.478 e. The Morgan fingerprint density at radius 2 is 2.24 bits per heavy atom. The minimum Gasteiger partial charge on any atom is -0.478 e. The highest BCUT2D eigenvalue weighted by atomic mass is 35.5. The van der Waals surface area contributed by atoms with Crippen molar-refractivity contribution in [1.82, 2.24) is 0 Å². The zero-order valence-corrected chi connectivity index (χ0v) is 11.0.